The Morgan fingerprint density at radius 3 is 2.51 bits per heavy atom. The van der Waals surface area contributed by atoms with E-state index in [1.165, 1.54) is 24.3 Å². The number of nitrogens with one attached hydrogen (secondary N) is 1. The zero-order chi connectivity index (χ0) is 25.5. The molecule has 1 amide bonds. The molecule has 2 aromatic carbocycles. The van der Waals surface area contributed by atoms with E-state index in [-0.39, 0.29) is 29.2 Å². The zero-order valence-electron chi connectivity index (χ0n) is 20.5. The first-order valence-corrected chi connectivity index (χ1v) is 13.4. The number of hydrogen-bond acceptors (Lipinski definition) is 6. The van der Waals surface area contributed by atoms with Crippen LogP contribution in [0.2, 0.25) is 0 Å². The Bertz CT molecular complexity index is 1250. The molecule has 7 nitrogen and oxygen atoms in total. The van der Waals surface area contributed by atoms with Crippen LogP contribution >= 0.6 is 0 Å². The molecule has 1 saturated heterocycles. The Morgan fingerprint density at radius 1 is 1.17 bits per heavy atom. The second kappa shape index (κ2) is 9.44. The number of rotatable bonds is 6. The standard InChI is InChI=1S/C26H32FN3O4S/c1-5-23(31)22-13-28-17(2)14-29(22)15-25(32)30-16-26(3,4)19-11-20(27)24(12-21(19)30)35(33,34)18-9-7-6-8-10-18/h6-12,17,22,28H,5,13-16H2,1-4H3/t17-,22-/m1/s1. The van der Waals surface area contributed by atoms with Crippen molar-refractivity contribution in [3.63, 3.8) is 0 Å². The highest BCUT2D eigenvalue weighted by molar-refractivity contribution is 7.91. The van der Waals surface area contributed by atoms with Gasteiger partial charge in [0.25, 0.3) is 0 Å². The van der Waals surface area contributed by atoms with Crippen LogP contribution in [0.1, 0.15) is 39.7 Å². The van der Waals surface area contributed by atoms with Crippen molar-refractivity contribution in [2.24, 2.45) is 0 Å². The molecule has 2 aliphatic rings. The number of fused-ring (bicyclic) bond motifs is 1. The van der Waals surface area contributed by atoms with E-state index in [1.54, 1.807) is 23.1 Å². The number of halogens is 1. The minimum atomic E-state index is -4.11. The van der Waals surface area contributed by atoms with Crippen LogP contribution < -0.4 is 10.2 Å². The third kappa shape index (κ3) is 4.77. The fourth-order valence-corrected chi connectivity index (χ4v) is 6.35. The molecule has 0 radical (unpaired) electrons. The average Bonchev–Trinajstić information content (AvgIpc) is 3.08. The number of carbonyl (C=O) groups is 2. The van der Waals surface area contributed by atoms with Gasteiger partial charge in [0.05, 0.1) is 17.5 Å². The van der Waals surface area contributed by atoms with Gasteiger partial charge in [0.1, 0.15) is 10.7 Å². The van der Waals surface area contributed by atoms with E-state index in [0.717, 1.165) is 0 Å². The van der Waals surface area contributed by atoms with Gasteiger partial charge in [-0.3, -0.25) is 14.5 Å². The number of piperazine rings is 1. The third-order valence-corrected chi connectivity index (χ3v) is 8.72. The highest BCUT2D eigenvalue weighted by atomic mass is 32.2. The van der Waals surface area contributed by atoms with Gasteiger partial charge in [-0.05, 0) is 36.8 Å². The van der Waals surface area contributed by atoms with Gasteiger partial charge >= 0.3 is 0 Å². The lowest BCUT2D eigenvalue weighted by Crippen LogP contribution is -2.60. The predicted molar refractivity (Wildman–Crippen MR) is 132 cm³/mol. The van der Waals surface area contributed by atoms with E-state index >= 15 is 4.39 Å². The van der Waals surface area contributed by atoms with Crippen LogP contribution in [0, 0.1) is 5.82 Å². The summed E-state index contributed by atoms with van der Waals surface area (Å²) < 4.78 is 41.6. The van der Waals surface area contributed by atoms with E-state index in [9.17, 15) is 18.0 Å². The molecule has 4 rings (SSSR count). The largest absolute Gasteiger partial charge is 0.311 e. The normalized spacial score (nSPS) is 22.1. The van der Waals surface area contributed by atoms with Crippen molar-refractivity contribution < 1.29 is 22.4 Å². The summed E-state index contributed by atoms with van der Waals surface area (Å²) in [7, 11) is -4.11. The summed E-state index contributed by atoms with van der Waals surface area (Å²) in [6.07, 6.45) is 0.380. The number of carbonyl (C=O) groups excluding carboxylic acids is 2. The molecule has 2 heterocycles. The minimum absolute atomic E-state index is 0.00953. The van der Waals surface area contributed by atoms with Crippen molar-refractivity contribution in [2.75, 3.05) is 31.1 Å². The van der Waals surface area contributed by atoms with E-state index < -0.39 is 32.0 Å². The Kier molecular flexibility index (Phi) is 6.87. The number of hydrogen-bond donors (Lipinski definition) is 1. The fraction of sp³-hybridized carbons (Fsp3) is 0.462. The molecule has 2 atom stereocenters. The maximum atomic E-state index is 15.2. The van der Waals surface area contributed by atoms with E-state index in [2.05, 4.69) is 5.32 Å². The Labute approximate surface area is 206 Å². The lowest BCUT2D eigenvalue weighted by atomic mass is 9.87. The first-order chi connectivity index (χ1) is 16.5. The van der Waals surface area contributed by atoms with Gasteiger partial charge in [-0.25, -0.2) is 12.8 Å². The summed E-state index contributed by atoms with van der Waals surface area (Å²) in [5.41, 5.74) is 0.429. The summed E-state index contributed by atoms with van der Waals surface area (Å²) in [5.74, 6) is -1.01. The van der Waals surface area contributed by atoms with Crippen LogP contribution in [0.3, 0.4) is 0 Å². The van der Waals surface area contributed by atoms with E-state index in [0.29, 0.717) is 37.3 Å². The van der Waals surface area contributed by atoms with Crippen molar-refractivity contribution in [3.8, 4) is 0 Å². The molecule has 9 heteroatoms. The molecule has 1 fully saturated rings. The number of Topliss-reactive ketones (excluding diaryl/α,β-unsaturated/α-hetero) is 1. The number of anilines is 1. The number of sulfone groups is 1. The quantitative estimate of drug-likeness (QED) is 0.655. The summed E-state index contributed by atoms with van der Waals surface area (Å²) in [6.45, 7) is 8.96. The average molecular weight is 502 g/mol. The summed E-state index contributed by atoms with van der Waals surface area (Å²) in [5, 5.41) is 3.30. The molecular weight excluding hydrogens is 469 g/mol. The van der Waals surface area contributed by atoms with Crippen LogP contribution in [0.4, 0.5) is 10.1 Å². The molecule has 2 aliphatic heterocycles. The molecule has 0 saturated carbocycles. The van der Waals surface area contributed by atoms with Crippen molar-refractivity contribution in [1.29, 1.82) is 0 Å². The van der Waals surface area contributed by atoms with Gasteiger partial charge in [-0.1, -0.05) is 39.0 Å². The van der Waals surface area contributed by atoms with E-state index in [1.807, 2.05) is 32.6 Å². The molecule has 0 unspecified atom stereocenters. The van der Waals surface area contributed by atoms with Gasteiger partial charge < -0.3 is 10.2 Å². The lowest BCUT2D eigenvalue weighted by Gasteiger charge is -2.38. The maximum absolute atomic E-state index is 15.2. The van der Waals surface area contributed by atoms with Crippen molar-refractivity contribution >= 4 is 27.2 Å². The topological polar surface area (TPSA) is 86.8 Å². The van der Waals surface area contributed by atoms with E-state index in [4.69, 9.17) is 0 Å². The molecule has 0 bridgehead atoms. The van der Waals surface area contributed by atoms with Crippen molar-refractivity contribution in [2.45, 2.75) is 61.4 Å². The van der Waals surface area contributed by atoms with Gasteiger partial charge in [0.15, 0.2) is 5.78 Å². The second-order valence-electron chi connectivity index (χ2n) is 10.1. The van der Waals surface area contributed by atoms with Gasteiger partial charge in [-0.2, -0.15) is 0 Å². The van der Waals surface area contributed by atoms with Crippen molar-refractivity contribution in [3.05, 3.63) is 53.8 Å². The zero-order valence-corrected chi connectivity index (χ0v) is 21.4. The smallest absolute Gasteiger partial charge is 0.241 e. The molecule has 2 aromatic rings. The first kappa shape index (κ1) is 25.5. The van der Waals surface area contributed by atoms with Crippen LogP contribution in [0.25, 0.3) is 0 Å². The monoisotopic (exact) mass is 501 g/mol. The maximum Gasteiger partial charge on any atom is 0.241 e. The predicted octanol–water partition coefficient (Wildman–Crippen LogP) is 2.92. The van der Waals surface area contributed by atoms with Crippen LogP contribution in [-0.2, 0) is 24.8 Å². The summed E-state index contributed by atoms with van der Waals surface area (Å²) >= 11 is 0. The molecular formula is C26H32FN3O4S. The second-order valence-corrected chi connectivity index (χ2v) is 12.0. The molecule has 1 N–H and O–H groups in total. The van der Waals surface area contributed by atoms with Gasteiger partial charge in [-0.15, -0.1) is 0 Å². The molecule has 0 spiro atoms. The number of ketones is 1. The van der Waals surface area contributed by atoms with Crippen LogP contribution in [0.5, 0.6) is 0 Å². The van der Waals surface area contributed by atoms with Gasteiger partial charge in [0, 0.05) is 43.2 Å². The molecule has 188 valence electrons. The SMILES string of the molecule is CCC(=O)[C@H]1CN[C@H](C)CN1CC(=O)N1CC(C)(C)c2cc(F)c(S(=O)(=O)c3ccccc3)cc21. The Balaban J connectivity index is 1.70. The number of benzene rings is 2. The van der Waals surface area contributed by atoms with Crippen LogP contribution in [0.15, 0.2) is 52.3 Å². The number of nitrogens with zero attached hydrogens (tertiary/aromatic N) is 2. The molecule has 0 aromatic heterocycles. The minimum Gasteiger partial charge on any atom is -0.311 e. The molecule has 0 aliphatic carbocycles. The highest BCUT2D eigenvalue weighted by Gasteiger charge is 2.41. The van der Waals surface area contributed by atoms with Gasteiger partial charge in [0.2, 0.25) is 15.7 Å². The Hall–Kier alpha value is -2.62. The highest BCUT2D eigenvalue weighted by Crippen LogP contribution is 2.43. The number of amides is 1. The van der Waals surface area contributed by atoms with Crippen molar-refractivity contribution in [1.82, 2.24) is 10.2 Å². The first-order valence-electron chi connectivity index (χ1n) is 11.9. The summed E-state index contributed by atoms with van der Waals surface area (Å²) in [6, 6.07) is 9.97. The summed E-state index contributed by atoms with van der Waals surface area (Å²) in [4.78, 5) is 29.0. The molecule has 35 heavy (non-hydrogen) atoms. The third-order valence-electron chi connectivity index (χ3n) is 6.93. The lowest BCUT2D eigenvalue weighted by molar-refractivity contribution is -0.127. The Morgan fingerprint density at radius 2 is 1.86 bits per heavy atom. The fourth-order valence-electron chi connectivity index (χ4n) is 5.00. The van der Waals surface area contributed by atoms with Crippen LogP contribution in [-0.4, -0.2) is 63.3 Å².